The third kappa shape index (κ3) is 6.50. The highest BCUT2D eigenvalue weighted by atomic mass is 32.2. The highest BCUT2D eigenvalue weighted by molar-refractivity contribution is 7.87. The van der Waals surface area contributed by atoms with Gasteiger partial charge in [0, 0.05) is 32.2 Å². The number of carbonyl (C=O) groups excluding carboxylic acids is 1. The Labute approximate surface area is 227 Å². The minimum atomic E-state index is -4.21. The van der Waals surface area contributed by atoms with Crippen molar-refractivity contribution >= 4 is 16.1 Å². The molecule has 1 aromatic heterocycles. The maximum atomic E-state index is 14.9. The van der Waals surface area contributed by atoms with Crippen LogP contribution in [-0.2, 0) is 10.2 Å². The highest BCUT2D eigenvalue weighted by Gasteiger charge is 2.34. The van der Waals surface area contributed by atoms with E-state index < -0.39 is 45.2 Å². The SMILES string of the molecule is CCC(Oc1ccc(C(=O)NS(=O)(=O)N2CCN(C3CCC3)CC2)c(F)c1F)c1ccc(OCC2CC2)cn1. The van der Waals surface area contributed by atoms with E-state index >= 15 is 0 Å². The molecule has 2 aliphatic carbocycles. The first-order valence-electron chi connectivity index (χ1n) is 13.5. The highest BCUT2D eigenvalue weighted by Crippen LogP contribution is 2.31. The Hall–Kier alpha value is -2.83. The number of halogens is 2. The average molecular weight is 565 g/mol. The predicted octanol–water partition coefficient (Wildman–Crippen LogP) is 3.82. The molecule has 2 saturated carbocycles. The van der Waals surface area contributed by atoms with Crippen molar-refractivity contribution in [3.63, 3.8) is 0 Å². The molecule has 1 aromatic carbocycles. The molecule has 1 atom stereocenters. The number of amides is 1. The third-order valence-corrected chi connectivity index (χ3v) is 9.12. The van der Waals surface area contributed by atoms with Crippen LogP contribution in [0.3, 0.4) is 0 Å². The lowest BCUT2D eigenvalue weighted by Gasteiger charge is -2.42. The normalized spacial score (nSPS) is 19.8. The fourth-order valence-electron chi connectivity index (χ4n) is 4.77. The molecule has 1 unspecified atom stereocenters. The van der Waals surface area contributed by atoms with E-state index in [9.17, 15) is 22.0 Å². The van der Waals surface area contributed by atoms with Gasteiger partial charge in [0.15, 0.2) is 11.6 Å². The Morgan fingerprint density at radius 2 is 1.82 bits per heavy atom. The van der Waals surface area contributed by atoms with Crippen LogP contribution in [0.5, 0.6) is 11.5 Å². The topological polar surface area (TPSA) is 101 Å². The molecule has 1 N–H and O–H groups in total. The van der Waals surface area contributed by atoms with Crippen molar-refractivity contribution in [3.05, 3.63) is 53.4 Å². The molecule has 39 heavy (non-hydrogen) atoms. The Morgan fingerprint density at radius 1 is 1.08 bits per heavy atom. The van der Waals surface area contributed by atoms with Gasteiger partial charge in [0.2, 0.25) is 5.82 Å². The standard InChI is InChI=1S/C27H34F2N4O5S/c1-2-23(22-10-8-20(16-30-22)37-17-18-6-7-18)38-24-11-9-21(25(28)26(24)29)27(34)31-39(35,36)33-14-12-32(13-15-33)19-4-3-5-19/h8-11,16,18-19,23H,2-7,12-15,17H2,1H3,(H,31,34). The molecule has 1 aliphatic heterocycles. The van der Waals surface area contributed by atoms with Crippen LogP contribution in [0.4, 0.5) is 8.78 Å². The Morgan fingerprint density at radius 3 is 2.41 bits per heavy atom. The Balaban J connectivity index is 1.20. The van der Waals surface area contributed by atoms with Crippen LogP contribution in [-0.4, -0.2) is 67.3 Å². The number of carbonyl (C=O) groups is 1. The molecule has 1 saturated heterocycles. The minimum Gasteiger partial charge on any atom is -0.492 e. The summed E-state index contributed by atoms with van der Waals surface area (Å²) in [4.78, 5) is 19.2. The summed E-state index contributed by atoms with van der Waals surface area (Å²) < 4.78 is 69.8. The smallest absolute Gasteiger partial charge is 0.304 e. The maximum absolute atomic E-state index is 14.9. The fourth-order valence-corrected chi connectivity index (χ4v) is 5.89. The molecule has 3 aliphatic rings. The van der Waals surface area contributed by atoms with Gasteiger partial charge in [0.25, 0.3) is 5.91 Å². The molecule has 5 rings (SSSR count). The van der Waals surface area contributed by atoms with Crippen molar-refractivity contribution in [1.82, 2.24) is 18.9 Å². The van der Waals surface area contributed by atoms with Crippen molar-refractivity contribution in [2.24, 2.45) is 5.92 Å². The molecule has 2 heterocycles. The van der Waals surface area contributed by atoms with E-state index in [1.54, 1.807) is 18.3 Å². The van der Waals surface area contributed by atoms with Gasteiger partial charge in [0.1, 0.15) is 11.9 Å². The van der Waals surface area contributed by atoms with Crippen molar-refractivity contribution in [2.45, 2.75) is 57.6 Å². The van der Waals surface area contributed by atoms with Crippen LogP contribution in [0.2, 0.25) is 0 Å². The summed E-state index contributed by atoms with van der Waals surface area (Å²) in [5, 5.41) is 0. The number of ether oxygens (including phenoxy) is 2. The van der Waals surface area contributed by atoms with Crippen molar-refractivity contribution < 1.29 is 31.5 Å². The average Bonchev–Trinajstić information content (AvgIpc) is 3.72. The number of benzene rings is 1. The molecular weight excluding hydrogens is 530 g/mol. The summed E-state index contributed by atoms with van der Waals surface area (Å²) in [6.45, 7) is 4.05. The monoisotopic (exact) mass is 564 g/mol. The molecule has 212 valence electrons. The van der Waals surface area contributed by atoms with Gasteiger partial charge in [-0.2, -0.15) is 17.1 Å². The number of hydrogen-bond acceptors (Lipinski definition) is 7. The van der Waals surface area contributed by atoms with Gasteiger partial charge in [-0.1, -0.05) is 13.3 Å². The second kappa shape index (κ2) is 11.7. The van der Waals surface area contributed by atoms with E-state index in [0.29, 0.717) is 49.5 Å². The number of piperazine rings is 1. The molecule has 0 spiro atoms. The van der Waals surface area contributed by atoms with E-state index in [4.69, 9.17) is 9.47 Å². The van der Waals surface area contributed by atoms with E-state index in [-0.39, 0.29) is 13.1 Å². The summed E-state index contributed by atoms with van der Waals surface area (Å²) >= 11 is 0. The maximum Gasteiger partial charge on any atom is 0.304 e. The van der Waals surface area contributed by atoms with Crippen molar-refractivity contribution in [3.8, 4) is 11.5 Å². The first-order valence-corrected chi connectivity index (χ1v) is 15.0. The molecule has 0 bridgehead atoms. The van der Waals surface area contributed by atoms with Crippen LogP contribution < -0.4 is 14.2 Å². The number of aromatic nitrogens is 1. The number of rotatable bonds is 11. The van der Waals surface area contributed by atoms with Gasteiger partial charge in [-0.05, 0) is 62.3 Å². The number of nitrogens with zero attached hydrogens (tertiary/aromatic N) is 3. The first kappa shape index (κ1) is 27.7. The Kier molecular flexibility index (Phi) is 8.34. The van der Waals surface area contributed by atoms with Gasteiger partial charge in [-0.15, -0.1) is 0 Å². The molecular formula is C27H34F2N4O5S. The zero-order chi connectivity index (χ0) is 27.6. The second-order valence-corrected chi connectivity index (χ2v) is 12.1. The Bertz CT molecular complexity index is 1280. The first-order chi connectivity index (χ1) is 18.7. The second-order valence-electron chi connectivity index (χ2n) is 10.4. The lowest BCUT2D eigenvalue weighted by molar-refractivity contribution is 0.0871. The quantitative estimate of drug-likeness (QED) is 0.443. The number of pyridine rings is 1. The number of nitrogens with one attached hydrogen (secondary N) is 1. The molecule has 3 fully saturated rings. The van der Waals surface area contributed by atoms with Gasteiger partial charge < -0.3 is 9.47 Å². The van der Waals surface area contributed by atoms with Crippen LogP contribution in [0, 0.1) is 17.6 Å². The van der Waals surface area contributed by atoms with Gasteiger partial charge in [-0.3, -0.25) is 14.7 Å². The molecule has 12 heteroatoms. The molecule has 1 amide bonds. The van der Waals surface area contributed by atoms with Crippen LogP contribution >= 0.6 is 0 Å². The number of hydrogen-bond donors (Lipinski definition) is 1. The minimum absolute atomic E-state index is 0.225. The summed E-state index contributed by atoms with van der Waals surface area (Å²) in [5.41, 5.74) is -0.207. The summed E-state index contributed by atoms with van der Waals surface area (Å²) in [6.07, 6.45) is 7.09. The van der Waals surface area contributed by atoms with Crippen molar-refractivity contribution in [1.29, 1.82) is 0 Å². The van der Waals surface area contributed by atoms with E-state index in [0.717, 1.165) is 29.3 Å². The zero-order valence-corrected chi connectivity index (χ0v) is 22.8. The van der Waals surface area contributed by atoms with Crippen LogP contribution in [0.15, 0.2) is 30.5 Å². The third-order valence-electron chi connectivity index (χ3n) is 7.63. The lowest BCUT2D eigenvalue weighted by Crippen LogP contribution is -2.56. The van der Waals surface area contributed by atoms with Crippen molar-refractivity contribution in [2.75, 3.05) is 32.8 Å². The zero-order valence-electron chi connectivity index (χ0n) is 21.9. The van der Waals surface area contributed by atoms with Crippen LogP contribution in [0.25, 0.3) is 0 Å². The fraction of sp³-hybridized carbons (Fsp3) is 0.556. The summed E-state index contributed by atoms with van der Waals surface area (Å²) in [7, 11) is -4.21. The van der Waals surface area contributed by atoms with E-state index in [2.05, 4.69) is 9.88 Å². The lowest BCUT2D eigenvalue weighted by atomic mass is 9.91. The van der Waals surface area contributed by atoms with E-state index in [1.807, 2.05) is 11.6 Å². The predicted molar refractivity (Wildman–Crippen MR) is 140 cm³/mol. The van der Waals surface area contributed by atoms with Gasteiger partial charge in [-0.25, -0.2) is 9.11 Å². The van der Waals surface area contributed by atoms with Gasteiger partial charge >= 0.3 is 10.2 Å². The van der Waals surface area contributed by atoms with Gasteiger partial charge in [0.05, 0.1) is 24.1 Å². The molecule has 9 nitrogen and oxygen atoms in total. The molecule has 2 aromatic rings. The molecule has 0 radical (unpaired) electrons. The van der Waals surface area contributed by atoms with Crippen LogP contribution in [0.1, 0.15) is 67.6 Å². The summed E-state index contributed by atoms with van der Waals surface area (Å²) in [5.74, 6) is -3.27. The largest absolute Gasteiger partial charge is 0.492 e. The summed E-state index contributed by atoms with van der Waals surface area (Å²) in [6, 6.07) is 6.10. The van der Waals surface area contributed by atoms with E-state index in [1.165, 1.54) is 19.3 Å².